The Morgan fingerprint density at radius 3 is 2.39 bits per heavy atom. The fourth-order valence-electron chi connectivity index (χ4n) is 1.90. The molecule has 0 aliphatic carbocycles. The van der Waals surface area contributed by atoms with Gasteiger partial charge >= 0.3 is 0 Å². The molecular formula is C15H23BrO2. The molecule has 1 rings (SSSR count). The number of benzene rings is 1. The van der Waals surface area contributed by atoms with E-state index < -0.39 is 0 Å². The van der Waals surface area contributed by atoms with Crippen molar-refractivity contribution >= 4 is 15.9 Å². The third-order valence-corrected chi connectivity index (χ3v) is 3.58. The summed E-state index contributed by atoms with van der Waals surface area (Å²) in [4.78, 5) is 0. The third kappa shape index (κ3) is 4.99. The second kappa shape index (κ2) is 8.54. The molecular weight excluding hydrogens is 292 g/mol. The van der Waals surface area contributed by atoms with Crippen LogP contribution in [0.1, 0.15) is 38.4 Å². The van der Waals surface area contributed by atoms with Crippen LogP contribution in [-0.2, 0) is 4.74 Å². The van der Waals surface area contributed by atoms with Gasteiger partial charge in [-0.3, -0.25) is 0 Å². The number of hydrogen-bond acceptors (Lipinski definition) is 2. The Balaban J connectivity index is 2.53. The molecule has 1 aromatic carbocycles. The highest BCUT2D eigenvalue weighted by atomic mass is 79.9. The van der Waals surface area contributed by atoms with Gasteiger partial charge in [-0.1, -0.05) is 48.3 Å². The van der Waals surface area contributed by atoms with Crippen molar-refractivity contribution in [3.63, 3.8) is 0 Å². The maximum Gasteiger partial charge on any atom is 0.118 e. The standard InChI is InChI=1S/C15H23BrO2/c1-4-5-12(2)11-18-15(10-16)13-6-8-14(17-3)9-7-13/h6-9,12,15H,4-5,10-11H2,1-3H3. The Morgan fingerprint density at radius 2 is 1.89 bits per heavy atom. The molecule has 2 atom stereocenters. The van der Waals surface area contributed by atoms with Crippen LogP contribution < -0.4 is 4.74 Å². The molecule has 2 unspecified atom stereocenters. The summed E-state index contributed by atoms with van der Waals surface area (Å²) in [7, 11) is 1.68. The third-order valence-electron chi connectivity index (χ3n) is 2.99. The number of methoxy groups -OCH3 is 1. The van der Waals surface area contributed by atoms with Crippen molar-refractivity contribution in [1.29, 1.82) is 0 Å². The summed E-state index contributed by atoms with van der Waals surface area (Å²) in [6, 6.07) is 8.08. The summed E-state index contributed by atoms with van der Waals surface area (Å²) in [6.45, 7) is 5.26. The van der Waals surface area contributed by atoms with Gasteiger partial charge in [0.05, 0.1) is 13.2 Å². The molecule has 0 aromatic heterocycles. The Morgan fingerprint density at radius 1 is 1.22 bits per heavy atom. The van der Waals surface area contributed by atoms with Crippen molar-refractivity contribution in [2.24, 2.45) is 5.92 Å². The minimum absolute atomic E-state index is 0.121. The van der Waals surface area contributed by atoms with Crippen LogP contribution >= 0.6 is 15.9 Å². The molecule has 0 aliphatic rings. The predicted molar refractivity (Wildman–Crippen MR) is 79.6 cm³/mol. The van der Waals surface area contributed by atoms with E-state index in [1.54, 1.807) is 7.11 Å². The summed E-state index contributed by atoms with van der Waals surface area (Å²) in [6.07, 6.45) is 2.55. The highest BCUT2D eigenvalue weighted by molar-refractivity contribution is 9.09. The first-order valence-corrected chi connectivity index (χ1v) is 7.64. The van der Waals surface area contributed by atoms with Gasteiger partial charge in [-0.15, -0.1) is 0 Å². The van der Waals surface area contributed by atoms with Crippen molar-refractivity contribution in [2.75, 3.05) is 19.0 Å². The summed E-state index contributed by atoms with van der Waals surface area (Å²) < 4.78 is 11.1. The molecule has 0 radical (unpaired) electrons. The van der Waals surface area contributed by atoms with Gasteiger partial charge in [-0.25, -0.2) is 0 Å². The molecule has 3 heteroatoms. The van der Waals surface area contributed by atoms with E-state index in [4.69, 9.17) is 9.47 Å². The van der Waals surface area contributed by atoms with Crippen LogP contribution in [0.4, 0.5) is 0 Å². The van der Waals surface area contributed by atoms with Crippen LogP contribution in [0, 0.1) is 5.92 Å². The van der Waals surface area contributed by atoms with E-state index in [2.05, 4.69) is 41.9 Å². The van der Waals surface area contributed by atoms with Crippen LogP contribution in [0.3, 0.4) is 0 Å². The monoisotopic (exact) mass is 314 g/mol. The molecule has 0 amide bonds. The van der Waals surface area contributed by atoms with Gasteiger partial charge in [0.1, 0.15) is 5.75 Å². The smallest absolute Gasteiger partial charge is 0.118 e. The topological polar surface area (TPSA) is 18.5 Å². The lowest BCUT2D eigenvalue weighted by atomic mass is 10.1. The van der Waals surface area contributed by atoms with E-state index in [9.17, 15) is 0 Å². The molecule has 0 aliphatic heterocycles. The van der Waals surface area contributed by atoms with Gasteiger partial charge in [0, 0.05) is 11.9 Å². The lowest BCUT2D eigenvalue weighted by Gasteiger charge is -2.19. The maximum absolute atomic E-state index is 5.98. The Labute approximate surface area is 119 Å². The normalized spacial score (nSPS) is 14.2. The van der Waals surface area contributed by atoms with E-state index in [1.165, 1.54) is 18.4 Å². The average molecular weight is 315 g/mol. The highest BCUT2D eigenvalue weighted by Gasteiger charge is 2.12. The minimum atomic E-state index is 0.121. The zero-order valence-corrected chi connectivity index (χ0v) is 13.1. The average Bonchev–Trinajstić information content (AvgIpc) is 2.40. The molecule has 2 nitrogen and oxygen atoms in total. The number of halogens is 1. The molecule has 1 aromatic rings. The molecule has 0 N–H and O–H groups in total. The molecule has 18 heavy (non-hydrogen) atoms. The van der Waals surface area contributed by atoms with Crippen LogP contribution in [0.2, 0.25) is 0 Å². The number of alkyl halides is 1. The predicted octanol–water partition coefficient (Wildman–Crippen LogP) is 4.58. The van der Waals surface area contributed by atoms with Gasteiger partial charge < -0.3 is 9.47 Å². The fourth-order valence-corrected chi connectivity index (χ4v) is 2.47. The summed E-state index contributed by atoms with van der Waals surface area (Å²) in [5, 5.41) is 0.818. The van der Waals surface area contributed by atoms with Crippen LogP contribution in [-0.4, -0.2) is 19.0 Å². The summed E-state index contributed by atoms with van der Waals surface area (Å²) in [5.41, 5.74) is 1.19. The Kier molecular flexibility index (Phi) is 7.36. The first-order valence-electron chi connectivity index (χ1n) is 6.52. The van der Waals surface area contributed by atoms with Gasteiger partial charge in [0.15, 0.2) is 0 Å². The summed E-state index contributed by atoms with van der Waals surface area (Å²) in [5.74, 6) is 1.50. The van der Waals surface area contributed by atoms with Crippen molar-refractivity contribution < 1.29 is 9.47 Å². The number of rotatable bonds is 8. The first kappa shape index (κ1) is 15.5. The zero-order valence-electron chi connectivity index (χ0n) is 11.5. The molecule has 0 saturated carbocycles. The summed E-state index contributed by atoms with van der Waals surface area (Å²) >= 11 is 3.52. The molecule has 0 heterocycles. The second-order valence-corrected chi connectivity index (χ2v) is 5.29. The minimum Gasteiger partial charge on any atom is -0.497 e. The van der Waals surface area contributed by atoms with Crippen molar-refractivity contribution in [3.05, 3.63) is 29.8 Å². The van der Waals surface area contributed by atoms with E-state index >= 15 is 0 Å². The first-order chi connectivity index (χ1) is 8.71. The molecule has 0 bridgehead atoms. The molecule has 102 valence electrons. The van der Waals surface area contributed by atoms with Crippen LogP contribution in [0.25, 0.3) is 0 Å². The van der Waals surface area contributed by atoms with E-state index in [1.807, 2.05) is 12.1 Å². The fraction of sp³-hybridized carbons (Fsp3) is 0.600. The number of ether oxygens (including phenoxy) is 2. The van der Waals surface area contributed by atoms with Gasteiger partial charge in [0.25, 0.3) is 0 Å². The largest absolute Gasteiger partial charge is 0.497 e. The Bertz CT molecular complexity index is 324. The highest BCUT2D eigenvalue weighted by Crippen LogP contribution is 2.23. The van der Waals surface area contributed by atoms with Crippen LogP contribution in [0.15, 0.2) is 24.3 Å². The lowest BCUT2D eigenvalue weighted by Crippen LogP contribution is -2.12. The maximum atomic E-state index is 5.98. The zero-order chi connectivity index (χ0) is 13.4. The van der Waals surface area contributed by atoms with E-state index in [0.29, 0.717) is 5.92 Å². The molecule has 0 fully saturated rings. The van der Waals surface area contributed by atoms with Crippen molar-refractivity contribution in [3.8, 4) is 5.75 Å². The lowest BCUT2D eigenvalue weighted by molar-refractivity contribution is 0.0448. The van der Waals surface area contributed by atoms with E-state index in [0.717, 1.165) is 17.7 Å². The van der Waals surface area contributed by atoms with Gasteiger partial charge in [0.2, 0.25) is 0 Å². The SMILES string of the molecule is CCCC(C)COC(CBr)c1ccc(OC)cc1. The van der Waals surface area contributed by atoms with Crippen LogP contribution in [0.5, 0.6) is 5.75 Å². The van der Waals surface area contributed by atoms with Gasteiger partial charge in [-0.2, -0.15) is 0 Å². The van der Waals surface area contributed by atoms with Crippen molar-refractivity contribution in [2.45, 2.75) is 32.8 Å². The molecule has 0 saturated heterocycles. The quantitative estimate of drug-likeness (QED) is 0.654. The molecule has 0 spiro atoms. The number of hydrogen-bond donors (Lipinski definition) is 0. The van der Waals surface area contributed by atoms with Gasteiger partial charge in [-0.05, 0) is 30.0 Å². The second-order valence-electron chi connectivity index (χ2n) is 4.64. The van der Waals surface area contributed by atoms with E-state index in [-0.39, 0.29) is 6.10 Å². The Hall–Kier alpha value is -0.540. The van der Waals surface area contributed by atoms with Crippen molar-refractivity contribution in [1.82, 2.24) is 0 Å².